The molecule has 4 N–H and O–H groups in total. The van der Waals surface area contributed by atoms with Crippen LogP contribution >= 0.6 is 11.8 Å². The number of amides is 3. The highest BCUT2D eigenvalue weighted by molar-refractivity contribution is 8.00. The Labute approximate surface area is 244 Å². The van der Waals surface area contributed by atoms with Crippen LogP contribution in [0.4, 0.5) is 29.6 Å². The van der Waals surface area contributed by atoms with Crippen LogP contribution in [0.1, 0.15) is 71.1 Å². The Morgan fingerprint density at radius 3 is 2.10 bits per heavy atom. The predicted octanol–water partition coefficient (Wildman–Crippen LogP) is 7.02. The fraction of sp³-hybridized carbons (Fsp3) is 0.276. The first-order valence-electron chi connectivity index (χ1n) is 13.4. The molecule has 1 aromatic heterocycles. The van der Waals surface area contributed by atoms with Crippen molar-refractivity contribution in [1.82, 2.24) is 25.9 Å². The fourth-order valence-corrected chi connectivity index (χ4v) is 5.55. The quantitative estimate of drug-likeness (QED) is 0.162. The van der Waals surface area contributed by atoms with E-state index in [9.17, 15) is 22.8 Å². The first kappa shape index (κ1) is 29.1. The van der Waals surface area contributed by atoms with E-state index in [1.165, 1.54) is 49.1 Å². The summed E-state index contributed by atoms with van der Waals surface area (Å²) < 4.78 is 38.0. The molecule has 3 aromatic carbocycles. The lowest BCUT2D eigenvalue weighted by molar-refractivity contribution is -0.0328. The SMILES string of the molecule is O=C(Nc1ccc(SC(F)(F)F)cc1)NC(c1ccc(C(=O)Nc2nn[nH]n2)cc1)c1ccc(C2CCCCC2)cc1. The second kappa shape index (κ2) is 13.1. The third-order valence-corrected chi connectivity index (χ3v) is 7.78. The smallest absolute Gasteiger partial charge is 0.327 e. The number of H-pyrrole nitrogens is 1. The lowest BCUT2D eigenvalue weighted by atomic mass is 9.83. The summed E-state index contributed by atoms with van der Waals surface area (Å²) >= 11 is -0.220. The second-order valence-electron chi connectivity index (χ2n) is 9.92. The number of urea groups is 1. The molecule has 1 unspecified atom stereocenters. The van der Waals surface area contributed by atoms with Crippen LogP contribution in [0.3, 0.4) is 0 Å². The van der Waals surface area contributed by atoms with Crippen LogP contribution < -0.4 is 16.0 Å². The summed E-state index contributed by atoms with van der Waals surface area (Å²) in [7, 11) is 0. The highest BCUT2D eigenvalue weighted by Crippen LogP contribution is 2.37. The first-order chi connectivity index (χ1) is 20.2. The highest BCUT2D eigenvalue weighted by atomic mass is 32.2. The van der Waals surface area contributed by atoms with Gasteiger partial charge in [0.25, 0.3) is 11.9 Å². The topological polar surface area (TPSA) is 125 Å². The van der Waals surface area contributed by atoms with Crippen molar-refractivity contribution in [3.05, 3.63) is 95.1 Å². The molecule has 13 heteroatoms. The molecule has 1 saturated carbocycles. The highest BCUT2D eigenvalue weighted by Gasteiger charge is 2.29. The number of carbonyl (C=O) groups is 2. The van der Waals surface area contributed by atoms with Crippen LogP contribution in [0, 0.1) is 0 Å². The van der Waals surface area contributed by atoms with Crippen molar-refractivity contribution < 1.29 is 22.8 Å². The number of thioether (sulfide) groups is 1. The van der Waals surface area contributed by atoms with Crippen LogP contribution in [0.25, 0.3) is 0 Å². The normalized spacial score (nSPS) is 14.6. The predicted molar refractivity (Wildman–Crippen MR) is 153 cm³/mol. The number of hydrogen-bond donors (Lipinski definition) is 4. The number of nitrogens with zero attached hydrogens (tertiary/aromatic N) is 3. The molecule has 1 aliphatic carbocycles. The summed E-state index contributed by atoms with van der Waals surface area (Å²) in [5.74, 6) is 0.149. The molecule has 218 valence electrons. The van der Waals surface area contributed by atoms with Gasteiger partial charge in [-0.15, -0.1) is 5.10 Å². The third kappa shape index (κ3) is 7.87. The fourth-order valence-electron chi connectivity index (χ4n) is 5.01. The number of rotatable bonds is 8. The largest absolute Gasteiger partial charge is 0.446 e. The molecule has 1 aliphatic rings. The zero-order chi connectivity index (χ0) is 29.5. The van der Waals surface area contributed by atoms with Gasteiger partial charge in [0.05, 0.1) is 6.04 Å². The molecule has 0 radical (unpaired) electrons. The summed E-state index contributed by atoms with van der Waals surface area (Å²) in [4.78, 5) is 25.6. The van der Waals surface area contributed by atoms with Crippen molar-refractivity contribution in [3.63, 3.8) is 0 Å². The summed E-state index contributed by atoms with van der Waals surface area (Å²) in [6.45, 7) is 0. The Morgan fingerprint density at radius 2 is 1.50 bits per heavy atom. The Balaban J connectivity index is 1.33. The van der Waals surface area contributed by atoms with Gasteiger partial charge in [0.1, 0.15) is 0 Å². The average Bonchev–Trinajstić information content (AvgIpc) is 3.50. The minimum atomic E-state index is -4.39. The van der Waals surface area contributed by atoms with Gasteiger partial charge in [-0.05, 0) is 88.8 Å². The second-order valence-corrected chi connectivity index (χ2v) is 11.1. The maximum Gasteiger partial charge on any atom is 0.446 e. The van der Waals surface area contributed by atoms with Gasteiger partial charge in [-0.25, -0.2) is 4.79 Å². The van der Waals surface area contributed by atoms with Crippen LogP contribution in [0.2, 0.25) is 0 Å². The van der Waals surface area contributed by atoms with Gasteiger partial charge in [-0.2, -0.15) is 18.4 Å². The lowest BCUT2D eigenvalue weighted by Crippen LogP contribution is -2.33. The molecule has 0 spiro atoms. The molecule has 5 rings (SSSR count). The maximum absolute atomic E-state index is 13.1. The number of aromatic nitrogens is 4. The number of tetrazole rings is 1. The minimum Gasteiger partial charge on any atom is -0.327 e. The Bertz CT molecular complexity index is 1470. The molecule has 1 atom stereocenters. The van der Waals surface area contributed by atoms with Crippen molar-refractivity contribution in [1.29, 1.82) is 0 Å². The summed E-state index contributed by atoms with van der Waals surface area (Å²) in [5.41, 5.74) is -0.855. The minimum absolute atomic E-state index is 0.0212. The standard InChI is InChI=1S/C29H28F3N7O2S/c30-29(31,32)42-24-16-14-23(15-17-24)33-28(41)34-25(20-8-6-19(7-9-20)18-4-2-1-3-5-18)21-10-12-22(13-11-21)26(40)35-27-36-38-39-37-27/h6-18,25H,1-5H2,(H2,33,34,41)(H2,35,36,37,38,39,40). The zero-order valence-corrected chi connectivity index (χ0v) is 23.1. The molecule has 4 aromatic rings. The van der Waals surface area contributed by atoms with Crippen molar-refractivity contribution >= 4 is 35.3 Å². The molecule has 0 saturated heterocycles. The van der Waals surface area contributed by atoms with Crippen LogP contribution in [-0.2, 0) is 0 Å². The average molecular weight is 596 g/mol. The summed E-state index contributed by atoms with van der Waals surface area (Å²) in [6.07, 6.45) is 6.04. The molecule has 42 heavy (non-hydrogen) atoms. The van der Waals surface area contributed by atoms with Gasteiger partial charge < -0.3 is 10.6 Å². The Morgan fingerprint density at radius 1 is 0.857 bits per heavy atom. The number of hydrogen-bond acceptors (Lipinski definition) is 6. The molecule has 0 aliphatic heterocycles. The number of alkyl halides is 3. The van der Waals surface area contributed by atoms with Gasteiger partial charge >= 0.3 is 11.5 Å². The Hall–Kier alpha value is -4.39. The maximum atomic E-state index is 13.1. The molecule has 1 fully saturated rings. The molecule has 0 bridgehead atoms. The van der Waals surface area contributed by atoms with E-state index < -0.39 is 23.5 Å². The van der Waals surface area contributed by atoms with Crippen LogP contribution in [0.15, 0.2) is 77.7 Å². The summed E-state index contributed by atoms with van der Waals surface area (Å²) in [6, 6.07) is 19.3. The molecular formula is C29H28F3N7O2S. The van der Waals surface area contributed by atoms with E-state index in [1.807, 2.05) is 12.1 Å². The van der Waals surface area contributed by atoms with Gasteiger partial charge in [-0.3, -0.25) is 10.1 Å². The number of carbonyl (C=O) groups excluding carboxylic acids is 2. The molecular weight excluding hydrogens is 567 g/mol. The van der Waals surface area contributed by atoms with Crippen molar-refractivity contribution in [2.24, 2.45) is 0 Å². The third-order valence-electron chi connectivity index (χ3n) is 7.04. The summed E-state index contributed by atoms with van der Waals surface area (Å²) in [5, 5.41) is 21.3. The van der Waals surface area contributed by atoms with Crippen molar-refractivity contribution in [3.8, 4) is 0 Å². The van der Waals surface area contributed by atoms with E-state index in [-0.39, 0.29) is 22.6 Å². The lowest BCUT2D eigenvalue weighted by Gasteiger charge is -2.24. The number of nitrogens with one attached hydrogen (secondary N) is 4. The number of anilines is 2. The van der Waals surface area contributed by atoms with E-state index >= 15 is 0 Å². The zero-order valence-electron chi connectivity index (χ0n) is 22.3. The monoisotopic (exact) mass is 595 g/mol. The number of aromatic amines is 1. The van der Waals surface area contributed by atoms with Gasteiger partial charge in [0.15, 0.2) is 0 Å². The van der Waals surface area contributed by atoms with Crippen LogP contribution in [0.5, 0.6) is 0 Å². The number of benzene rings is 3. The van der Waals surface area contributed by atoms with Crippen LogP contribution in [-0.4, -0.2) is 38.1 Å². The van der Waals surface area contributed by atoms with Crippen molar-refractivity contribution in [2.75, 3.05) is 10.6 Å². The number of halogens is 3. The molecule has 1 heterocycles. The Kier molecular flexibility index (Phi) is 9.06. The van der Waals surface area contributed by atoms with Gasteiger partial charge in [0, 0.05) is 16.1 Å². The molecule has 3 amide bonds. The van der Waals surface area contributed by atoms with E-state index in [0.29, 0.717) is 17.2 Å². The van der Waals surface area contributed by atoms with Crippen molar-refractivity contribution in [2.45, 2.75) is 54.5 Å². The van der Waals surface area contributed by atoms with E-state index in [4.69, 9.17) is 0 Å². The van der Waals surface area contributed by atoms with Gasteiger partial charge in [0.2, 0.25) is 0 Å². The van der Waals surface area contributed by atoms with E-state index in [2.05, 4.69) is 48.7 Å². The molecule has 9 nitrogen and oxygen atoms in total. The van der Waals surface area contributed by atoms with Gasteiger partial charge in [-0.1, -0.05) is 60.8 Å². The van der Waals surface area contributed by atoms with E-state index in [0.717, 1.165) is 24.0 Å². The first-order valence-corrected chi connectivity index (χ1v) is 14.2. The van der Waals surface area contributed by atoms with E-state index in [1.54, 1.807) is 24.3 Å².